The average Bonchev–Trinajstić information content (AvgIpc) is 0. The molecule has 0 aliphatic rings. The van der Waals surface area contributed by atoms with E-state index in [0.29, 0.717) is 0 Å². The van der Waals surface area contributed by atoms with Crippen LogP contribution in [0.2, 0.25) is 0 Å². The molecule has 0 unspecified atom stereocenters. The van der Waals surface area contributed by atoms with E-state index in [1.54, 1.807) is 0 Å². The third-order valence-corrected chi connectivity index (χ3v) is 0. The van der Waals surface area contributed by atoms with Crippen LogP contribution in [0.25, 0.3) is 0 Å². The van der Waals surface area contributed by atoms with Crippen LogP contribution in [-0.4, -0.2) is 55.8 Å². The van der Waals surface area contributed by atoms with Crippen LogP contribution in [-0.2, 0) is 54.9 Å². The summed E-state index contributed by atoms with van der Waals surface area (Å²) in [6.45, 7) is 0. The van der Waals surface area contributed by atoms with Crippen molar-refractivity contribution in [2.75, 3.05) is 0 Å². The molecule has 0 N–H and O–H groups in total. The second kappa shape index (κ2) is 25.6. The van der Waals surface area contributed by atoms with Gasteiger partial charge in [0.2, 0.25) is 0 Å². The van der Waals surface area contributed by atoms with E-state index < -0.39 is 0 Å². The van der Waals surface area contributed by atoms with E-state index in [0.717, 1.165) is 0 Å². The van der Waals surface area contributed by atoms with Gasteiger partial charge in [0.15, 0.2) is 0 Å². The molecular weight excluding hydrogens is 443 g/mol. The van der Waals surface area contributed by atoms with Crippen LogP contribution in [0.15, 0.2) is 0 Å². The Morgan fingerprint density at radius 2 is 1.00 bits per heavy atom. The fourth-order valence-corrected chi connectivity index (χ4v) is 0. The van der Waals surface area contributed by atoms with Crippen LogP contribution in [0.5, 0.6) is 0 Å². The molecule has 0 heterocycles. The maximum atomic E-state index is 0. The van der Waals surface area contributed by atoms with Crippen LogP contribution < -0.4 is 0 Å². The molecule has 0 bridgehead atoms. The van der Waals surface area contributed by atoms with Crippen molar-refractivity contribution in [1.82, 2.24) is 0 Å². The molecule has 5 heteroatoms. The third-order valence-electron chi connectivity index (χ3n) is 0. The van der Waals surface area contributed by atoms with Gasteiger partial charge in [-0.2, -0.15) is 0 Å². The van der Waals surface area contributed by atoms with Gasteiger partial charge >= 0.3 is 0 Å². The Kier molecular flexibility index (Phi) is 196. The molecule has 5 radical (unpaired) electrons. The molecule has 0 aliphatic heterocycles. The summed E-state index contributed by atoms with van der Waals surface area (Å²) in [6, 6.07) is 0. The van der Waals surface area contributed by atoms with E-state index in [-0.39, 0.29) is 111 Å². The summed E-state index contributed by atoms with van der Waals surface area (Å²) >= 11 is 0. The molecule has 29 valence electrons. The molecule has 0 atom stereocenters. The van der Waals surface area contributed by atoms with Gasteiger partial charge in [-0.3, -0.25) is 0 Å². The first-order valence-corrected chi connectivity index (χ1v) is 0. The van der Waals surface area contributed by atoms with E-state index in [1.165, 1.54) is 0 Å². The Bertz CT molecular complexity index is 11.6. The van der Waals surface area contributed by atoms with Crippen LogP contribution in [0, 0.1) is 0 Å². The minimum atomic E-state index is 0. The van der Waals surface area contributed by atoms with Crippen molar-refractivity contribution in [2.24, 2.45) is 0 Å². The number of rotatable bonds is 0. The van der Waals surface area contributed by atoms with Crippen molar-refractivity contribution in [1.29, 1.82) is 0 Å². The summed E-state index contributed by atoms with van der Waals surface area (Å²) in [5.74, 6) is 0. The Hall–Kier alpha value is 3.60. The second-order valence-corrected chi connectivity index (χ2v) is 0. The Balaban J connectivity index is 0. The Labute approximate surface area is 108 Å². The standard InChI is InChI=1S/Bi.Co.Fe.Mo.Na. The van der Waals surface area contributed by atoms with Gasteiger partial charge in [0.25, 0.3) is 0 Å². The second-order valence-electron chi connectivity index (χ2n) is 0. The van der Waals surface area contributed by atoms with E-state index in [4.69, 9.17) is 0 Å². The van der Waals surface area contributed by atoms with Gasteiger partial charge in [-0.25, -0.2) is 0 Å². The van der Waals surface area contributed by atoms with Gasteiger partial charge in [-0.1, -0.05) is 0 Å². The molecule has 0 spiro atoms. The fourth-order valence-electron chi connectivity index (χ4n) is 0. The van der Waals surface area contributed by atoms with Crippen molar-refractivity contribution >= 4 is 55.8 Å². The minimum Gasteiger partial charge on any atom is 0 e. The molecule has 0 aliphatic carbocycles. The summed E-state index contributed by atoms with van der Waals surface area (Å²) < 4.78 is 0. The third kappa shape index (κ3) is 18.4. The van der Waals surface area contributed by atoms with Crippen LogP contribution >= 0.6 is 0 Å². The molecule has 0 saturated carbocycles. The van der Waals surface area contributed by atoms with E-state index in [9.17, 15) is 0 Å². The quantitative estimate of drug-likeness (QED) is 0.433. The average molecular weight is 443 g/mol. The van der Waals surface area contributed by atoms with Gasteiger partial charge in [0, 0.05) is 111 Å². The largest absolute Gasteiger partial charge is 0 e. The van der Waals surface area contributed by atoms with Crippen molar-refractivity contribution in [3.05, 3.63) is 0 Å². The summed E-state index contributed by atoms with van der Waals surface area (Å²) in [4.78, 5) is 0. The van der Waals surface area contributed by atoms with E-state index in [1.807, 2.05) is 0 Å². The minimum absolute atomic E-state index is 0. The first-order valence-electron chi connectivity index (χ1n) is 0. The maximum absolute atomic E-state index is 0. The van der Waals surface area contributed by atoms with E-state index in [2.05, 4.69) is 0 Å². The zero-order valence-electron chi connectivity index (χ0n) is 2.54. The SMILES string of the molecule is [Bi].[Co].[Fe].[Mo].[Na]. The first kappa shape index (κ1) is 38.3. The maximum Gasteiger partial charge on any atom is 0 e. The van der Waals surface area contributed by atoms with Gasteiger partial charge in [0.05, 0.1) is 0 Å². The smallest absolute Gasteiger partial charge is 0 e. The predicted molar refractivity (Wildman–Crippen MR) is 11.5 cm³/mol. The van der Waals surface area contributed by atoms with Crippen LogP contribution in [0.3, 0.4) is 0 Å². The molecule has 0 aromatic rings. The van der Waals surface area contributed by atoms with Crippen molar-refractivity contribution in [3.8, 4) is 0 Å². The molecule has 0 nitrogen and oxygen atoms in total. The van der Waals surface area contributed by atoms with Gasteiger partial charge in [-0.05, 0) is 0 Å². The van der Waals surface area contributed by atoms with Gasteiger partial charge in [0.1, 0.15) is 0 Å². The zero-order valence-corrected chi connectivity index (χ0v) is 12.2. The summed E-state index contributed by atoms with van der Waals surface area (Å²) in [5.41, 5.74) is 0. The molecule has 5 heavy (non-hydrogen) atoms. The van der Waals surface area contributed by atoms with Gasteiger partial charge in [-0.15, -0.1) is 0 Å². The normalized spacial score (nSPS) is 0. The van der Waals surface area contributed by atoms with Crippen molar-refractivity contribution < 1.29 is 54.9 Å². The predicted octanol–water partition coefficient (Wildman–Crippen LogP) is -0.769. The van der Waals surface area contributed by atoms with Crippen LogP contribution in [0.4, 0.5) is 0 Å². The zero-order chi connectivity index (χ0) is 0. The van der Waals surface area contributed by atoms with Crippen molar-refractivity contribution in [2.45, 2.75) is 0 Å². The summed E-state index contributed by atoms with van der Waals surface area (Å²) in [7, 11) is 0. The number of hydrogen-bond acceptors (Lipinski definition) is 0. The topological polar surface area (TPSA) is 0 Å². The molecule has 0 rings (SSSR count). The molecule has 0 saturated heterocycles. The summed E-state index contributed by atoms with van der Waals surface area (Å²) in [5, 5.41) is 0. The Morgan fingerprint density at radius 1 is 1.00 bits per heavy atom. The van der Waals surface area contributed by atoms with E-state index >= 15 is 0 Å². The van der Waals surface area contributed by atoms with Crippen LogP contribution in [0.1, 0.15) is 0 Å². The molecule has 0 amide bonds. The van der Waals surface area contributed by atoms with Crippen molar-refractivity contribution in [3.63, 3.8) is 0 Å². The molecule has 0 aromatic heterocycles. The molecule has 0 fully saturated rings. The monoisotopic (exact) mass is 445 g/mol. The fraction of sp³-hybridized carbons (Fsp3) is 0. The van der Waals surface area contributed by atoms with Gasteiger partial charge < -0.3 is 0 Å². The molecule has 0 aromatic carbocycles. The number of hydrogen-bond donors (Lipinski definition) is 0. The first-order chi connectivity index (χ1) is 0. The molecular formula is BiCoFeMoNa. The Morgan fingerprint density at radius 3 is 1.00 bits per heavy atom. The summed E-state index contributed by atoms with van der Waals surface area (Å²) in [6.07, 6.45) is 0.